The summed E-state index contributed by atoms with van der Waals surface area (Å²) in [5.41, 5.74) is 0. The molecule has 108 valence electrons. The summed E-state index contributed by atoms with van der Waals surface area (Å²) < 4.78 is 56.4. The van der Waals surface area contributed by atoms with Gasteiger partial charge in [-0.1, -0.05) is 0 Å². The van der Waals surface area contributed by atoms with E-state index in [-0.39, 0.29) is 13.2 Å². The van der Waals surface area contributed by atoms with Gasteiger partial charge in [-0.2, -0.15) is 16.8 Å². The zero-order valence-electron chi connectivity index (χ0n) is 9.48. The highest BCUT2D eigenvalue weighted by Crippen LogP contribution is 1.68. The predicted molar refractivity (Wildman–Crippen MR) is 59.9 cm³/mol. The first kappa shape index (κ1) is 21.9. The Bertz CT molecular complexity index is 280. The van der Waals surface area contributed by atoms with E-state index in [1.807, 2.05) is 0 Å². The second kappa shape index (κ2) is 12.2. The summed E-state index contributed by atoms with van der Waals surface area (Å²) in [5, 5.41) is 16.2. The maximum Gasteiger partial charge on any atom is 0.261 e. The maximum atomic E-state index is 9.19. The molecule has 0 aliphatic rings. The number of aliphatic hydroxyl groups is 2. The van der Waals surface area contributed by atoms with Gasteiger partial charge in [0, 0.05) is 0 Å². The van der Waals surface area contributed by atoms with Crippen molar-refractivity contribution < 1.29 is 40.9 Å². The standard InChI is InChI=1S/C4H10O3.2CH4O3S/c5-1-3-7-4-2-6;2*1-5(2,3)4/h5-6H,1-4H2;2*1H3,(H,2,3,4). The van der Waals surface area contributed by atoms with Gasteiger partial charge in [-0.25, -0.2) is 0 Å². The third-order valence-electron chi connectivity index (χ3n) is 0.471. The van der Waals surface area contributed by atoms with Gasteiger partial charge in [0.1, 0.15) is 0 Å². The van der Waals surface area contributed by atoms with E-state index < -0.39 is 20.2 Å². The minimum Gasteiger partial charge on any atom is -0.394 e. The molecule has 0 aliphatic carbocycles. The Balaban J connectivity index is -0.000000177. The van der Waals surface area contributed by atoms with Crippen LogP contribution < -0.4 is 0 Å². The van der Waals surface area contributed by atoms with Gasteiger partial charge in [0.15, 0.2) is 0 Å². The topological polar surface area (TPSA) is 158 Å². The van der Waals surface area contributed by atoms with E-state index in [0.29, 0.717) is 25.7 Å². The van der Waals surface area contributed by atoms with Crippen molar-refractivity contribution in [2.24, 2.45) is 0 Å². The summed E-state index contributed by atoms with van der Waals surface area (Å²) in [6.07, 6.45) is 1.43. The Labute approximate surface area is 101 Å². The van der Waals surface area contributed by atoms with Crippen LogP contribution in [0.3, 0.4) is 0 Å². The molecular weight excluding hydrogens is 280 g/mol. The van der Waals surface area contributed by atoms with Crippen LogP contribution in [0.1, 0.15) is 0 Å². The summed E-state index contributed by atoms with van der Waals surface area (Å²) in [7, 11) is -7.33. The van der Waals surface area contributed by atoms with Crippen molar-refractivity contribution in [3.63, 3.8) is 0 Å². The molecule has 0 aliphatic heterocycles. The van der Waals surface area contributed by atoms with Gasteiger partial charge in [0.05, 0.1) is 38.9 Å². The van der Waals surface area contributed by atoms with Gasteiger partial charge in [0.25, 0.3) is 20.2 Å². The largest absolute Gasteiger partial charge is 0.394 e. The van der Waals surface area contributed by atoms with E-state index in [9.17, 15) is 16.8 Å². The molecule has 9 nitrogen and oxygen atoms in total. The van der Waals surface area contributed by atoms with Gasteiger partial charge in [-0.3, -0.25) is 9.11 Å². The molecule has 17 heavy (non-hydrogen) atoms. The highest BCUT2D eigenvalue weighted by atomic mass is 32.2. The van der Waals surface area contributed by atoms with Gasteiger partial charge in [-0.15, -0.1) is 0 Å². The van der Waals surface area contributed by atoms with Crippen LogP contribution in [0.4, 0.5) is 0 Å². The molecular formula is C6H18O9S2. The molecule has 0 unspecified atom stereocenters. The van der Waals surface area contributed by atoms with Crippen LogP contribution in [0, 0.1) is 0 Å². The Hall–Kier alpha value is -0.300. The molecule has 0 saturated carbocycles. The first-order chi connectivity index (χ1) is 7.41. The molecule has 0 spiro atoms. The van der Waals surface area contributed by atoms with Crippen LogP contribution in [0.5, 0.6) is 0 Å². The fourth-order valence-electron chi connectivity index (χ4n) is 0.231. The number of aliphatic hydroxyl groups excluding tert-OH is 2. The van der Waals surface area contributed by atoms with Crippen molar-refractivity contribution in [1.29, 1.82) is 0 Å². The number of hydrogen-bond acceptors (Lipinski definition) is 7. The normalized spacial score (nSPS) is 10.7. The molecule has 0 heterocycles. The van der Waals surface area contributed by atoms with E-state index in [1.54, 1.807) is 0 Å². The van der Waals surface area contributed by atoms with Gasteiger partial charge in [0.2, 0.25) is 0 Å². The van der Waals surface area contributed by atoms with Crippen molar-refractivity contribution in [3.8, 4) is 0 Å². The molecule has 0 bridgehead atoms. The summed E-state index contributed by atoms with van der Waals surface area (Å²) >= 11 is 0. The zero-order chi connectivity index (χ0) is 14.5. The van der Waals surface area contributed by atoms with Crippen LogP contribution in [-0.2, 0) is 25.0 Å². The molecule has 0 rings (SSSR count). The molecule has 0 radical (unpaired) electrons. The second-order valence-electron chi connectivity index (χ2n) is 2.53. The molecule has 0 aromatic rings. The Morgan fingerprint density at radius 3 is 1.12 bits per heavy atom. The van der Waals surface area contributed by atoms with E-state index >= 15 is 0 Å². The van der Waals surface area contributed by atoms with Crippen LogP contribution >= 0.6 is 0 Å². The highest BCUT2D eigenvalue weighted by Gasteiger charge is 1.82. The number of hydrogen-bond donors (Lipinski definition) is 4. The summed E-state index contributed by atoms with van der Waals surface area (Å²) in [6.45, 7) is 0.696. The molecule has 0 atom stereocenters. The second-order valence-corrected chi connectivity index (χ2v) is 5.46. The van der Waals surface area contributed by atoms with Gasteiger partial charge in [-0.05, 0) is 0 Å². The lowest BCUT2D eigenvalue weighted by Gasteiger charge is -1.94. The number of rotatable bonds is 4. The summed E-state index contributed by atoms with van der Waals surface area (Å²) in [4.78, 5) is 0. The molecule has 0 amide bonds. The van der Waals surface area contributed by atoms with Crippen molar-refractivity contribution in [1.82, 2.24) is 0 Å². The van der Waals surface area contributed by atoms with Crippen molar-refractivity contribution in [2.75, 3.05) is 38.9 Å². The van der Waals surface area contributed by atoms with Crippen molar-refractivity contribution >= 4 is 20.2 Å². The average molecular weight is 298 g/mol. The molecule has 0 saturated heterocycles. The van der Waals surface area contributed by atoms with Gasteiger partial charge >= 0.3 is 0 Å². The number of ether oxygens (including phenoxy) is 1. The fourth-order valence-corrected chi connectivity index (χ4v) is 0.231. The predicted octanol–water partition coefficient (Wildman–Crippen LogP) is -2.00. The van der Waals surface area contributed by atoms with Crippen molar-refractivity contribution in [2.45, 2.75) is 0 Å². The van der Waals surface area contributed by atoms with E-state index in [1.165, 1.54) is 0 Å². The summed E-state index contributed by atoms with van der Waals surface area (Å²) in [5.74, 6) is 0. The van der Waals surface area contributed by atoms with Crippen molar-refractivity contribution in [3.05, 3.63) is 0 Å². The van der Waals surface area contributed by atoms with E-state index in [2.05, 4.69) is 4.74 Å². The van der Waals surface area contributed by atoms with E-state index in [0.717, 1.165) is 0 Å². The lowest BCUT2D eigenvalue weighted by atomic mass is 10.7. The highest BCUT2D eigenvalue weighted by molar-refractivity contribution is 7.85. The lowest BCUT2D eigenvalue weighted by molar-refractivity contribution is 0.0650. The molecule has 4 N–H and O–H groups in total. The minimum absolute atomic E-state index is 0.0278. The molecule has 0 fully saturated rings. The molecule has 11 heteroatoms. The van der Waals surface area contributed by atoms with Crippen LogP contribution in [-0.4, -0.2) is 75.1 Å². The van der Waals surface area contributed by atoms with Crippen LogP contribution in [0.25, 0.3) is 0 Å². The van der Waals surface area contributed by atoms with E-state index in [4.69, 9.17) is 19.3 Å². The Kier molecular flexibility index (Phi) is 15.7. The first-order valence-corrected chi connectivity index (χ1v) is 7.75. The average Bonchev–Trinajstić information content (AvgIpc) is 1.99. The van der Waals surface area contributed by atoms with Crippen LogP contribution in [0.15, 0.2) is 0 Å². The molecule has 0 aromatic carbocycles. The maximum absolute atomic E-state index is 9.19. The zero-order valence-corrected chi connectivity index (χ0v) is 11.1. The summed E-state index contributed by atoms with van der Waals surface area (Å²) in [6, 6.07) is 0. The first-order valence-electron chi connectivity index (χ1n) is 4.06. The third-order valence-corrected chi connectivity index (χ3v) is 0.471. The minimum atomic E-state index is -3.67. The Morgan fingerprint density at radius 1 is 0.824 bits per heavy atom. The quantitative estimate of drug-likeness (QED) is 0.340. The monoisotopic (exact) mass is 298 g/mol. The molecule has 0 aromatic heterocycles. The SMILES string of the molecule is CS(=O)(=O)O.CS(=O)(=O)O.OCCOCCO. The lowest BCUT2D eigenvalue weighted by Crippen LogP contribution is -2.03. The van der Waals surface area contributed by atoms with Crippen LogP contribution in [0.2, 0.25) is 0 Å². The third kappa shape index (κ3) is 215. The van der Waals surface area contributed by atoms with Gasteiger partial charge < -0.3 is 14.9 Å². The Morgan fingerprint density at radius 2 is 1.00 bits per heavy atom. The smallest absolute Gasteiger partial charge is 0.261 e. The fraction of sp³-hybridized carbons (Fsp3) is 1.00.